The molecule has 0 aliphatic rings. The highest BCUT2D eigenvalue weighted by Crippen LogP contribution is 2.36. The van der Waals surface area contributed by atoms with Crippen molar-refractivity contribution < 1.29 is 14.3 Å². The van der Waals surface area contributed by atoms with E-state index in [2.05, 4.69) is 45.5 Å². The van der Waals surface area contributed by atoms with E-state index in [9.17, 15) is 4.79 Å². The first kappa shape index (κ1) is 23.9. The van der Waals surface area contributed by atoms with Crippen LogP contribution in [0.1, 0.15) is 23.6 Å². The Morgan fingerprint density at radius 3 is 2.56 bits per heavy atom. The largest absolute Gasteiger partial charge is 0.493 e. The van der Waals surface area contributed by atoms with Crippen LogP contribution < -0.4 is 14.9 Å². The average Bonchev–Trinajstić information content (AvgIpc) is 2.79. The molecule has 0 unspecified atom stereocenters. The summed E-state index contributed by atoms with van der Waals surface area (Å²) in [5.74, 6) is 1.02. The van der Waals surface area contributed by atoms with Crippen LogP contribution in [0.15, 0.2) is 81.2 Å². The molecule has 3 aromatic carbocycles. The van der Waals surface area contributed by atoms with Crippen molar-refractivity contribution in [1.29, 1.82) is 0 Å². The molecule has 0 aromatic heterocycles. The monoisotopic (exact) mass is 512 g/mol. The Labute approximate surface area is 201 Å². The number of aryl methyl sites for hydroxylation is 1. The molecule has 0 radical (unpaired) electrons. The summed E-state index contributed by atoms with van der Waals surface area (Å²) in [5.41, 5.74) is 5.63. The normalized spacial score (nSPS) is 11.9. The second-order valence-corrected chi connectivity index (χ2v) is 9.38. The molecule has 166 valence electrons. The second-order valence-electron chi connectivity index (χ2n) is 7.12. The first-order valence-corrected chi connectivity index (χ1v) is 11.7. The average molecular weight is 513 g/mol. The maximum absolute atomic E-state index is 12.3. The SMILES string of the molecule is COc1cc(/C=N\NC(=O)[C@@H](C)Sc2ccccc2)cc(Br)c1OCc1ccc(C)cc1. The molecule has 0 aliphatic carbocycles. The number of carbonyl (C=O) groups excluding carboxylic acids is 1. The van der Waals surface area contributed by atoms with Crippen LogP contribution in [0.2, 0.25) is 0 Å². The van der Waals surface area contributed by atoms with E-state index in [1.807, 2.05) is 61.5 Å². The highest BCUT2D eigenvalue weighted by molar-refractivity contribution is 9.10. The molecule has 0 aliphatic heterocycles. The fourth-order valence-electron chi connectivity index (χ4n) is 2.81. The molecule has 0 spiro atoms. The Hall–Kier alpha value is -2.77. The van der Waals surface area contributed by atoms with Gasteiger partial charge in [-0.05, 0) is 65.2 Å². The van der Waals surface area contributed by atoms with Crippen LogP contribution in [-0.2, 0) is 11.4 Å². The van der Waals surface area contributed by atoms with Crippen LogP contribution in [0.4, 0.5) is 0 Å². The fraction of sp³-hybridized carbons (Fsp3) is 0.200. The van der Waals surface area contributed by atoms with Gasteiger partial charge in [0.05, 0.1) is 23.0 Å². The summed E-state index contributed by atoms with van der Waals surface area (Å²) < 4.78 is 12.2. The Kier molecular flexibility index (Phi) is 8.76. The number of carbonyl (C=O) groups is 1. The standard InChI is InChI=1S/C25H25BrN2O3S/c1-17-9-11-19(12-10-17)16-31-24-22(26)13-20(14-23(24)30-3)15-27-28-25(29)18(2)32-21-7-5-4-6-8-21/h4-15,18H,16H2,1-3H3,(H,28,29)/b27-15-/t18-/m1/s1. The van der Waals surface area contributed by atoms with Crippen molar-refractivity contribution in [2.45, 2.75) is 30.6 Å². The molecule has 0 bridgehead atoms. The predicted molar refractivity (Wildman–Crippen MR) is 134 cm³/mol. The zero-order valence-corrected chi connectivity index (χ0v) is 20.6. The molecule has 3 rings (SSSR count). The van der Waals surface area contributed by atoms with Crippen molar-refractivity contribution in [1.82, 2.24) is 5.43 Å². The quantitative estimate of drug-likeness (QED) is 0.217. The highest BCUT2D eigenvalue weighted by Gasteiger charge is 2.14. The third-order valence-electron chi connectivity index (χ3n) is 4.57. The van der Waals surface area contributed by atoms with Crippen molar-refractivity contribution in [3.63, 3.8) is 0 Å². The summed E-state index contributed by atoms with van der Waals surface area (Å²) in [7, 11) is 1.59. The molecule has 1 N–H and O–H groups in total. The lowest BCUT2D eigenvalue weighted by Gasteiger charge is -2.14. The van der Waals surface area contributed by atoms with Crippen LogP contribution in [0.3, 0.4) is 0 Å². The third kappa shape index (κ3) is 6.87. The van der Waals surface area contributed by atoms with E-state index in [-0.39, 0.29) is 11.2 Å². The Morgan fingerprint density at radius 2 is 1.88 bits per heavy atom. The molecule has 0 heterocycles. The molecule has 1 atom stereocenters. The summed E-state index contributed by atoms with van der Waals surface area (Å²) in [6.07, 6.45) is 1.58. The lowest BCUT2D eigenvalue weighted by atomic mass is 10.2. The second kappa shape index (κ2) is 11.7. The van der Waals surface area contributed by atoms with Gasteiger partial charge in [-0.25, -0.2) is 5.43 Å². The van der Waals surface area contributed by atoms with Gasteiger partial charge in [-0.15, -0.1) is 11.8 Å². The number of amides is 1. The van der Waals surface area contributed by atoms with E-state index >= 15 is 0 Å². The van der Waals surface area contributed by atoms with E-state index in [0.29, 0.717) is 18.1 Å². The van der Waals surface area contributed by atoms with E-state index in [0.717, 1.165) is 20.5 Å². The first-order chi connectivity index (χ1) is 15.5. The van der Waals surface area contributed by atoms with E-state index in [4.69, 9.17) is 9.47 Å². The summed E-state index contributed by atoms with van der Waals surface area (Å²) in [6.45, 7) is 4.33. The lowest BCUT2D eigenvalue weighted by molar-refractivity contribution is -0.120. The Bertz CT molecular complexity index is 1070. The Balaban J connectivity index is 1.61. The molecular weight excluding hydrogens is 488 g/mol. The number of rotatable bonds is 9. The van der Waals surface area contributed by atoms with Crippen molar-refractivity contribution in [2.75, 3.05) is 7.11 Å². The smallest absolute Gasteiger partial charge is 0.253 e. The van der Waals surface area contributed by atoms with Gasteiger partial charge < -0.3 is 9.47 Å². The van der Waals surface area contributed by atoms with Crippen molar-refractivity contribution >= 4 is 39.8 Å². The minimum Gasteiger partial charge on any atom is -0.493 e. The van der Waals surface area contributed by atoms with Crippen LogP contribution in [0.25, 0.3) is 0 Å². The van der Waals surface area contributed by atoms with Crippen molar-refractivity contribution in [3.8, 4) is 11.5 Å². The minimum atomic E-state index is -0.270. The molecule has 32 heavy (non-hydrogen) atoms. The summed E-state index contributed by atoms with van der Waals surface area (Å²) >= 11 is 5.03. The topological polar surface area (TPSA) is 59.9 Å². The van der Waals surface area contributed by atoms with Gasteiger partial charge in [-0.3, -0.25) is 4.79 Å². The van der Waals surface area contributed by atoms with Gasteiger partial charge in [-0.2, -0.15) is 5.10 Å². The van der Waals surface area contributed by atoms with Gasteiger partial charge in [0.2, 0.25) is 0 Å². The number of ether oxygens (including phenoxy) is 2. The number of hydrogen-bond acceptors (Lipinski definition) is 5. The van der Waals surface area contributed by atoms with E-state index in [1.54, 1.807) is 13.3 Å². The summed E-state index contributed by atoms with van der Waals surface area (Å²) in [5, 5.41) is 3.83. The third-order valence-corrected chi connectivity index (χ3v) is 6.27. The number of benzene rings is 3. The predicted octanol–water partition coefficient (Wildman–Crippen LogP) is 5.98. The first-order valence-electron chi connectivity index (χ1n) is 10.1. The maximum Gasteiger partial charge on any atom is 0.253 e. The molecular formula is C25H25BrN2O3S. The Morgan fingerprint density at radius 1 is 1.16 bits per heavy atom. The van der Waals surface area contributed by atoms with Crippen LogP contribution in [0, 0.1) is 6.92 Å². The van der Waals surface area contributed by atoms with Crippen LogP contribution in [-0.4, -0.2) is 24.5 Å². The lowest BCUT2D eigenvalue weighted by Crippen LogP contribution is -2.26. The molecule has 1 amide bonds. The van der Waals surface area contributed by atoms with E-state index < -0.39 is 0 Å². The molecule has 0 fully saturated rings. The number of hydrogen-bond donors (Lipinski definition) is 1. The number of nitrogens with one attached hydrogen (secondary N) is 1. The van der Waals surface area contributed by atoms with Crippen LogP contribution in [0.5, 0.6) is 11.5 Å². The number of methoxy groups -OCH3 is 1. The number of thioether (sulfide) groups is 1. The van der Waals surface area contributed by atoms with Crippen molar-refractivity contribution in [2.24, 2.45) is 5.10 Å². The molecule has 7 heteroatoms. The molecule has 3 aromatic rings. The molecule has 0 saturated carbocycles. The van der Waals surface area contributed by atoms with Crippen LogP contribution >= 0.6 is 27.7 Å². The minimum absolute atomic E-state index is 0.167. The van der Waals surface area contributed by atoms with Gasteiger partial charge >= 0.3 is 0 Å². The zero-order chi connectivity index (χ0) is 22.9. The van der Waals surface area contributed by atoms with Crippen molar-refractivity contribution in [3.05, 3.63) is 87.9 Å². The summed E-state index contributed by atoms with van der Waals surface area (Å²) in [4.78, 5) is 13.4. The summed E-state index contributed by atoms with van der Waals surface area (Å²) in [6, 6.07) is 21.7. The highest BCUT2D eigenvalue weighted by atomic mass is 79.9. The van der Waals surface area contributed by atoms with Gasteiger partial charge in [0, 0.05) is 4.90 Å². The van der Waals surface area contributed by atoms with E-state index in [1.165, 1.54) is 17.3 Å². The molecule has 5 nitrogen and oxygen atoms in total. The van der Waals surface area contributed by atoms with Gasteiger partial charge in [0.1, 0.15) is 6.61 Å². The van der Waals surface area contributed by atoms with Gasteiger partial charge in [-0.1, -0.05) is 48.0 Å². The number of hydrazone groups is 1. The van der Waals surface area contributed by atoms with Gasteiger partial charge in [0.15, 0.2) is 11.5 Å². The number of nitrogens with zero attached hydrogens (tertiary/aromatic N) is 1. The van der Waals surface area contributed by atoms with Gasteiger partial charge in [0.25, 0.3) is 5.91 Å². The number of halogens is 1. The fourth-order valence-corrected chi connectivity index (χ4v) is 4.27. The molecule has 0 saturated heterocycles. The maximum atomic E-state index is 12.3. The zero-order valence-electron chi connectivity index (χ0n) is 18.2.